The molecule has 4 bridgehead atoms. The van der Waals surface area contributed by atoms with Crippen LogP contribution in [0.1, 0.15) is 43.2 Å². The van der Waals surface area contributed by atoms with Crippen LogP contribution in [-0.2, 0) is 5.41 Å². The van der Waals surface area contributed by atoms with Crippen LogP contribution in [0.15, 0.2) is 182 Å². The van der Waals surface area contributed by atoms with Crippen LogP contribution in [0, 0.1) is 23.7 Å². The molecule has 0 unspecified atom stereocenters. The molecule has 58 heavy (non-hydrogen) atoms. The predicted molar refractivity (Wildman–Crippen MR) is 242 cm³/mol. The second kappa shape index (κ2) is 12.3. The Morgan fingerprint density at radius 1 is 0.414 bits per heavy atom. The van der Waals surface area contributed by atoms with Crippen LogP contribution in [-0.4, -0.2) is 4.57 Å². The topological polar surface area (TPSA) is 8.17 Å². The van der Waals surface area contributed by atoms with Crippen molar-refractivity contribution < 1.29 is 0 Å². The van der Waals surface area contributed by atoms with Gasteiger partial charge in [0.1, 0.15) is 0 Å². The Morgan fingerprint density at radius 3 is 1.84 bits per heavy atom. The van der Waals surface area contributed by atoms with Crippen LogP contribution in [0.5, 0.6) is 0 Å². The Balaban J connectivity index is 1.02. The summed E-state index contributed by atoms with van der Waals surface area (Å²) in [5.74, 6) is 3.35. The molecule has 0 radical (unpaired) electrons. The highest BCUT2D eigenvalue weighted by molar-refractivity contribution is 6.10. The van der Waals surface area contributed by atoms with Crippen LogP contribution in [0.4, 0.5) is 17.1 Å². The van der Waals surface area contributed by atoms with Crippen molar-refractivity contribution in [3.8, 4) is 27.9 Å². The van der Waals surface area contributed by atoms with E-state index in [0.717, 1.165) is 35.0 Å². The summed E-state index contributed by atoms with van der Waals surface area (Å²) in [6.45, 7) is 0. The second-order valence-electron chi connectivity index (χ2n) is 17.7. The SMILES string of the molecule is c1ccc(-n2c3ccccc3c3ccc(N(c4ccc(-c5cccc6ccccc56)cc4)c4ccc5c(c4)-c4ccccc4C54C5CC6CC(C5)CC4C6)cc32)cc1. The van der Waals surface area contributed by atoms with E-state index >= 15 is 0 Å². The maximum Gasteiger partial charge on any atom is 0.0561 e. The third-order valence-electron chi connectivity index (χ3n) is 15.0. The number of nitrogens with zero attached hydrogens (tertiary/aromatic N) is 2. The summed E-state index contributed by atoms with van der Waals surface area (Å²) in [7, 11) is 0. The van der Waals surface area contributed by atoms with E-state index in [4.69, 9.17) is 0 Å². The smallest absolute Gasteiger partial charge is 0.0561 e. The Bertz CT molecular complexity index is 3040. The predicted octanol–water partition coefficient (Wildman–Crippen LogP) is 14.8. The monoisotopic (exact) mass is 744 g/mol. The first-order valence-corrected chi connectivity index (χ1v) is 21.4. The highest BCUT2D eigenvalue weighted by Gasteiger charge is 2.61. The Hall–Kier alpha value is -6.38. The van der Waals surface area contributed by atoms with Gasteiger partial charge in [-0.1, -0.05) is 127 Å². The Morgan fingerprint density at radius 2 is 1.02 bits per heavy atom. The van der Waals surface area contributed by atoms with E-state index in [1.54, 1.807) is 11.1 Å². The van der Waals surface area contributed by atoms with Gasteiger partial charge < -0.3 is 9.47 Å². The number of aromatic nitrogens is 1. The number of para-hydroxylation sites is 2. The van der Waals surface area contributed by atoms with E-state index in [2.05, 4.69) is 191 Å². The highest BCUT2D eigenvalue weighted by Crippen LogP contribution is 2.69. The summed E-state index contributed by atoms with van der Waals surface area (Å²) in [6, 6.07) is 68.5. The van der Waals surface area contributed by atoms with Crippen LogP contribution < -0.4 is 4.90 Å². The molecule has 4 saturated carbocycles. The van der Waals surface area contributed by atoms with E-state index < -0.39 is 0 Å². The lowest BCUT2D eigenvalue weighted by Crippen LogP contribution is -2.55. The fraction of sp³-hybridized carbons (Fsp3) is 0.179. The molecule has 9 aromatic rings. The number of hydrogen-bond donors (Lipinski definition) is 0. The zero-order valence-electron chi connectivity index (χ0n) is 32.6. The number of fused-ring (bicyclic) bond motifs is 7. The third kappa shape index (κ3) is 4.55. The Labute approximate surface area is 340 Å². The van der Waals surface area contributed by atoms with Gasteiger partial charge in [-0.25, -0.2) is 0 Å². The van der Waals surface area contributed by atoms with Crippen molar-refractivity contribution in [3.05, 3.63) is 193 Å². The number of anilines is 3. The molecule has 8 aromatic carbocycles. The molecule has 1 aromatic heterocycles. The van der Waals surface area contributed by atoms with Crippen LogP contribution in [0.2, 0.25) is 0 Å². The minimum atomic E-state index is 0.151. The molecule has 2 nitrogen and oxygen atoms in total. The van der Waals surface area contributed by atoms with Crippen LogP contribution in [0.25, 0.3) is 60.5 Å². The van der Waals surface area contributed by atoms with E-state index in [1.807, 2.05) is 0 Å². The first kappa shape index (κ1) is 32.7. The molecular weight excluding hydrogens is 701 g/mol. The van der Waals surface area contributed by atoms with Crippen molar-refractivity contribution in [2.75, 3.05) is 4.90 Å². The first-order valence-electron chi connectivity index (χ1n) is 21.4. The maximum atomic E-state index is 2.56. The zero-order chi connectivity index (χ0) is 38.0. The minimum absolute atomic E-state index is 0.151. The molecule has 0 aliphatic heterocycles. The van der Waals surface area contributed by atoms with E-state index in [0.29, 0.717) is 0 Å². The van der Waals surface area contributed by atoms with Gasteiger partial charge in [-0.15, -0.1) is 0 Å². The summed E-state index contributed by atoms with van der Waals surface area (Å²) < 4.78 is 2.44. The summed E-state index contributed by atoms with van der Waals surface area (Å²) in [5.41, 5.74) is 15.9. The van der Waals surface area contributed by atoms with Gasteiger partial charge in [0.2, 0.25) is 0 Å². The average molecular weight is 745 g/mol. The molecule has 1 heterocycles. The fourth-order valence-corrected chi connectivity index (χ4v) is 13.0. The van der Waals surface area contributed by atoms with Gasteiger partial charge in [0.05, 0.1) is 11.0 Å². The molecule has 0 atom stereocenters. The molecule has 5 aliphatic carbocycles. The molecule has 14 rings (SSSR count). The third-order valence-corrected chi connectivity index (χ3v) is 15.0. The summed E-state index contributed by atoms with van der Waals surface area (Å²) in [4.78, 5) is 2.50. The highest BCUT2D eigenvalue weighted by atomic mass is 15.1. The standard InChI is InChI=1S/C56H44N2/c1-2-13-42(14-3-1)58-54-20-9-7-17-49(54)50-27-25-45(35-55(50)58)57(43-23-21-39(22-24-43)47-18-10-12-38-11-4-5-15-46(38)47)44-26-28-53-51(34-44)48-16-6-8-19-52(48)56(53)40-30-36-29-37(32-40)33-41(56)31-36/h1-28,34-37,40-41H,29-33H2. The lowest BCUT2D eigenvalue weighted by molar-refractivity contribution is -0.0399. The normalized spacial score (nSPS) is 22.6. The van der Waals surface area contributed by atoms with E-state index in [9.17, 15) is 0 Å². The number of rotatable bonds is 5. The van der Waals surface area contributed by atoms with Crippen molar-refractivity contribution in [2.45, 2.75) is 37.5 Å². The molecular formula is C56H44N2. The van der Waals surface area contributed by atoms with Gasteiger partial charge in [-0.3, -0.25) is 0 Å². The van der Waals surface area contributed by atoms with Crippen LogP contribution in [0.3, 0.4) is 0 Å². The van der Waals surface area contributed by atoms with Gasteiger partial charge in [0, 0.05) is 38.9 Å². The summed E-state index contributed by atoms with van der Waals surface area (Å²) >= 11 is 0. The molecule has 4 fully saturated rings. The molecule has 0 amide bonds. The van der Waals surface area contributed by atoms with Crippen molar-refractivity contribution in [3.63, 3.8) is 0 Å². The van der Waals surface area contributed by atoms with Gasteiger partial charge in [0.25, 0.3) is 0 Å². The lowest BCUT2D eigenvalue weighted by atomic mass is 9.43. The Kier molecular flexibility index (Phi) is 6.94. The summed E-state index contributed by atoms with van der Waals surface area (Å²) in [6.07, 6.45) is 7.05. The summed E-state index contributed by atoms with van der Waals surface area (Å²) in [5, 5.41) is 5.09. The lowest BCUT2D eigenvalue weighted by Gasteiger charge is -2.61. The van der Waals surface area contributed by atoms with E-state index in [1.165, 1.54) is 98.3 Å². The van der Waals surface area contributed by atoms with Gasteiger partial charge >= 0.3 is 0 Å². The number of benzene rings is 8. The second-order valence-corrected chi connectivity index (χ2v) is 17.7. The van der Waals surface area contributed by atoms with E-state index in [-0.39, 0.29) is 5.41 Å². The molecule has 0 saturated heterocycles. The minimum Gasteiger partial charge on any atom is -0.310 e. The van der Waals surface area contributed by atoms with Gasteiger partial charge in [0.15, 0.2) is 0 Å². The average Bonchev–Trinajstić information content (AvgIpc) is 3.76. The molecule has 1 spiro atoms. The van der Waals surface area contributed by atoms with Gasteiger partial charge in [-0.05, 0) is 155 Å². The molecule has 0 N–H and O–H groups in total. The zero-order valence-corrected chi connectivity index (χ0v) is 32.6. The van der Waals surface area contributed by atoms with Crippen molar-refractivity contribution in [1.29, 1.82) is 0 Å². The maximum absolute atomic E-state index is 2.56. The van der Waals surface area contributed by atoms with Crippen molar-refractivity contribution in [2.24, 2.45) is 23.7 Å². The van der Waals surface area contributed by atoms with Crippen molar-refractivity contribution in [1.82, 2.24) is 4.57 Å². The fourth-order valence-electron chi connectivity index (χ4n) is 13.0. The quantitative estimate of drug-likeness (QED) is 0.170. The van der Waals surface area contributed by atoms with Crippen molar-refractivity contribution >= 4 is 49.6 Å². The molecule has 278 valence electrons. The van der Waals surface area contributed by atoms with Gasteiger partial charge in [-0.2, -0.15) is 0 Å². The number of hydrogen-bond acceptors (Lipinski definition) is 1. The van der Waals surface area contributed by atoms with Crippen LogP contribution >= 0.6 is 0 Å². The molecule has 5 aliphatic rings. The first-order chi connectivity index (χ1) is 28.7. The largest absolute Gasteiger partial charge is 0.310 e. The molecule has 2 heteroatoms.